The van der Waals surface area contributed by atoms with Crippen molar-refractivity contribution in [2.75, 3.05) is 6.54 Å². The summed E-state index contributed by atoms with van der Waals surface area (Å²) in [5.41, 5.74) is -0.00701. The van der Waals surface area contributed by atoms with Crippen LogP contribution < -0.4 is 5.32 Å². The highest BCUT2D eigenvalue weighted by atomic mass is 16.5. The number of hydrogen-bond acceptors (Lipinski definition) is 2. The van der Waals surface area contributed by atoms with Crippen molar-refractivity contribution >= 4 is 0 Å². The molecule has 0 aromatic heterocycles. The fourth-order valence-corrected chi connectivity index (χ4v) is 2.16. The second kappa shape index (κ2) is 3.58. The van der Waals surface area contributed by atoms with Gasteiger partial charge in [0.15, 0.2) is 0 Å². The van der Waals surface area contributed by atoms with Crippen LogP contribution in [0.15, 0.2) is 0 Å². The van der Waals surface area contributed by atoms with Gasteiger partial charge in [-0.2, -0.15) is 0 Å². The first-order valence-corrected chi connectivity index (χ1v) is 5.37. The highest BCUT2D eigenvalue weighted by molar-refractivity contribution is 4.95. The van der Waals surface area contributed by atoms with Crippen molar-refractivity contribution in [3.05, 3.63) is 0 Å². The van der Waals surface area contributed by atoms with Gasteiger partial charge in [0, 0.05) is 12.6 Å². The van der Waals surface area contributed by atoms with E-state index in [1.807, 2.05) is 0 Å². The highest BCUT2D eigenvalue weighted by Gasteiger charge is 2.41. The van der Waals surface area contributed by atoms with Gasteiger partial charge in [-0.1, -0.05) is 13.8 Å². The molecule has 1 rings (SSSR count). The van der Waals surface area contributed by atoms with Gasteiger partial charge in [0.25, 0.3) is 0 Å². The SMILES string of the molecule is CCC1NCC(C)(CC)OC1(C)C. The van der Waals surface area contributed by atoms with Crippen LogP contribution in [0, 0.1) is 0 Å². The predicted molar refractivity (Wildman–Crippen MR) is 55.9 cm³/mol. The normalized spacial score (nSPS) is 39.0. The van der Waals surface area contributed by atoms with Crippen molar-refractivity contribution in [3.63, 3.8) is 0 Å². The molecule has 0 bridgehead atoms. The Morgan fingerprint density at radius 1 is 1.31 bits per heavy atom. The standard InChI is InChI=1S/C11H23NO/c1-6-9-10(3,4)13-11(5,7-2)8-12-9/h9,12H,6-8H2,1-5H3. The molecule has 1 aliphatic rings. The van der Waals surface area contributed by atoms with Crippen molar-refractivity contribution in [2.45, 2.75) is 64.7 Å². The summed E-state index contributed by atoms with van der Waals surface area (Å²) in [6.45, 7) is 11.9. The molecule has 0 aliphatic carbocycles. The van der Waals surface area contributed by atoms with Gasteiger partial charge in [-0.3, -0.25) is 0 Å². The van der Waals surface area contributed by atoms with Crippen molar-refractivity contribution < 1.29 is 4.74 Å². The number of ether oxygens (including phenoxy) is 1. The Bertz CT molecular complexity index is 179. The molecule has 1 aliphatic heterocycles. The monoisotopic (exact) mass is 185 g/mol. The Morgan fingerprint density at radius 3 is 2.31 bits per heavy atom. The van der Waals surface area contributed by atoms with E-state index in [1.165, 1.54) is 0 Å². The molecule has 1 heterocycles. The maximum Gasteiger partial charge on any atom is 0.0786 e. The highest BCUT2D eigenvalue weighted by Crippen LogP contribution is 2.31. The van der Waals surface area contributed by atoms with Crippen LogP contribution in [0.3, 0.4) is 0 Å². The van der Waals surface area contributed by atoms with Gasteiger partial charge >= 0.3 is 0 Å². The van der Waals surface area contributed by atoms with Gasteiger partial charge in [-0.15, -0.1) is 0 Å². The smallest absolute Gasteiger partial charge is 0.0786 e. The van der Waals surface area contributed by atoms with Crippen LogP contribution in [0.4, 0.5) is 0 Å². The topological polar surface area (TPSA) is 21.3 Å². The third kappa shape index (κ3) is 2.23. The van der Waals surface area contributed by atoms with Gasteiger partial charge in [0.1, 0.15) is 0 Å². The van der Waals surface area contributed by atoms with Crippen LogP contribution in [0.2, 0.25) is 0 Å². The summed E-state index contributed by atoms with van der Waals surface area (Å²) in [7, 11) is 0. The van der Waals surface area contributed by atoms with E-state index in [4.69, 9.17) is 4.74 Å². The zero-order chi connectivity index (χ0) is 10.1. The molecule has 78 valence electrons. The Morgan fingerprint density at radius 2 is 1.92 bits per heavy atom. The van der Waals surface area contributed by atoms with Crippen molar-refractivity contribution in [2.24, 2.45) is 0 Å². The first-order chi connectivity index (χ1) is 5.93. The molecule has 0 aromatic rings. The summed E-state index contributed by atoms with van der Waals surface area (Å²) < 4.78 is 6.15. The number of rotatable bonds is 2. The molecule has 2 atom stereocenters. The molecular formula is C11H23NO. The lowest BCUT2D eigenvalue weighted by atomic mass is 9.89. The predicted octanol–water partition coefficient (Wildman–Crippen LogP) is 2.33. The van der Waals surface area contributed by atoms with Crippen LogP contribution in [-0.4, -0.2) is 23.8 Å². The fourth-order valence-electron chi connectivity index (χ4n) is 2.16. The molecule has 0 spiro atoms. The molecular weight excluding hydrogens is 162 g/mol. The van der Waals surface area contributed by atoms with E-state index in [-0.39, 0.29) is 11.2 Å². The van der Waals surface area contributed by atoms with E-state index in [0.29, 0.717) is 6.04 Å². The largest absolute Gasteiger partial charge is 0.366 e. The van der Waals surface area contributed by atoms with E-state index >= 15 is 0 Å². The van der Waals surface area contributed by atoms with Gasteiger partial charge in [-0.25, -0.2) is 0 Å². The molecule has 1 saturated heterocycles. The zero-order valence-electron chi connectivity index (χ0n) is 9.61. The molecule has 13 heavy (non-hydrogen) atoms. The minimum atomic E-state index is -0.0300. The average Bonchev–Trinajstić information content (AvgIpc) is 2.03. The third-order valence-corrected chi connectivity index (χ3v) is 3.23. The molecule has 0 aromatic carbocycles. The molecule has 1 fully saturated rings. The van der Waals surface area contributed by atoms with E-state index in [9.17, 15) is 0 Å². The van der Waals surface area contributed by atoms with E-state index < -0.39 is 0 Å². The third-order valence-electron chi connectivity index (χ3n) is 3.23. The van der Waals surface area contributed by atoms with Crippen molar-refractivity contribution in [1.29, 1.82) is 0 Å². The summed E-state index contributed by atoms with van der Waals surface area (Å²) >= 11 is 0. The second-order valence-corrected chi connectivity index (χ2v) is 4.85. The zero-order valence-corrected chi connectivity index (χ0v) is 9.61. The van der Waals surface area contributed by atoms with Gasteiger partial charge in [-0.05, 0) is 33.6 Å². The molecule has 2 heteroatoms. The van der Waals surface area contributed by atoms with E-state index in [2.05, 4.69) is 39.9 Å². The molecule has 1 N–H and O–H groups in total. The Labute approximate surface area is 82.0 Å². The summed E-state index contributed by atoms with van der Waals surface area (Å²) in [5.74, 6) is 0. The maximum atomic E-state index is 6.15. The number of morpholine rings is 1. The number of nitrogens with one attached hydrogen (secondary N) is 1. The van der Waals surface area contributed by atoms with Gasteiger partial charge in [0.2, 0.25) is 0 Å². The second-order valence-electron chi connectivity index (χ2n) is 4.85. The van der Waals surface area contributed by atoms with Crippen LogP contribution in [0.1, 0.15) is 47.5 Å². The van der Waals surface area contributed by atoms with Crippen LogP contribution >= 0.6 is 0 Å². The molecule has 2 unspecified atom stereocenters. The lowest BCUT2D eigenvalue weighted by molar-refractivity contribution is -0.175. The first kappa shape index (κ1) is 11.0. The molecule has 0 saturated carbocycles. The van der Waals surface area contributed by atoms with Crippen molar-refractivity contribution in [3.8, 4) is 0 Å². The average molecular weight is 185 g/mol. The molecule has 0 amide bonds. The first-order valence-electron chi connectivity index (χ1n) is 5.37. The maximum absolute atomic E-state index is 6.15. The quantitative estimate of drug-likeness (QED) is 0.713. The number of hydrogen-bond donors (Lipinski definition) is 1. The van der Waals surface area contributed by atoms with E-state index in [0.717, 1.165) is 19.4 Å². The Kier molecular flexibility index (Phi) is 3.03. The Hall–Kier alpha value is -0.0800. The van der Waals surface area contributed by atoms with Crippen LogP contribution in [0.25, 0.3) is 0 Å². The van der Waals surface area contributed by atoms with Crippen LogP contribution in [-0.2, 0) is 4.74 Å². The minimum absolute atomic E-state index is 0.0230. The summed E-state index contributed by atoms with van der Waals surface area (Å²) in [6, 6.07) is 0.493. The van der Waals surface area contributed by atoms with E-state index in [1.54, 1.807) is 0 Å². The lowest BCUT2D eigenvalue weighted by Gasteiger charge is -2.48. The lowest BCUT2D eigenvalue weighted by Crippen LogP contribution is -2.62. The molecule has 0 radical (unpaired) electrons. The van der Waals surface area contributed by atoms with Gasteiger partial charge < -0.3 is 10.1 Å². The fraction of sp³-hybridized carbons (Fsp3) is 1.00. The molecule has 2 nitrogen and oxygen atoms in total. The summed E-state index contributed by atoms with van der Waals surface area (Å²) in [4.78, 5) is 0. The Balaban J connectivity index is 2.69. The summed E-state index contributed by atoms with van der Waals surface area (Å²) in [5, 5.41) is 3.58. The minimum Gasteiger partial charge on any atom is -0.366 e. The van der Waals surface area contributed by atoms with Crippen LogP contribution in [0.5, 0.6) is 0 Å². The van der Waals surface area contributed by atoms with Gasteiger partial charge in [0.05, 0.1) is 11.2 Å². The summed E-state index contributed by atoms with van der Waals surface area (Å²) in [6.07, 6.45) is 2.20. The van der Waals surface area contributed by atoms with Crippen molar-refractivity contribution in [1.82, 2.24) is 5.32 Å².